The molecule has 1 atom stereocenters. The maximum Gasteiger partial charge on any atom is 0.287 e. The van der Waals surface area contributed by atoms with E-state index in [0.717, 1.165) is 24.9 Å². The lowest BCUT2D eigenvalue weighted by atomic mass is 9.99. The van der Waals surface area contributed by atoms with Crippen LogP contribution in [0.3, 0.4) is 0 Å². The number of benzene rings is 2. The van der Waals surface area contributed by atoms with Crippen molar-refractivity contribution < 1.29 is 13.9 Å². The molecule has 1 amide bonds. The quantitative estimate of drug-likeness (QED) is 0.751. The molecule has 27 heavy (non-hydrogen) atoms. The fourth-order valence-corrected chi connectivity index (χ4v) is 3.66. The molecule has 3 aromatic rings. The van der Waals surface area contributed by atoms with Crippen LogP contribution in [0, 0.1) is 0 Å². The number of methoxy groups -OCH3 is 1. The lowest BCUT2D eigenvalue weighted by Crippen LogP contribution is -2.44. The average molecular weight is 364 g/mol. The second-order valence-corrected chi connectivity index (χ2v) is 7.04. The van der Waals surface area contributed by atoms with Crippen LogP contribution in [-0.2, 0) is 13.0 Å². The Morgan fingerprint density at radius 1 is 1.22 bits per heavy atom. The van der Waals surface area contributed by atoms with Crippen LogP contribution in [0.1, 0.15) is 28.6 Å². The Morgan fingerprint density at radius 2 is 2.04 bits per heavy atom. The van der Waals surface area contributed by atoms with Crippen LogP contribution in [-0.4, -0.2) is 37.0 Å². The third kappa shape index (κ3) is 3.55. The summed E-state index contributed by atoms with van der Waals surface area (Å²) in [5.74, 6) is 0.745. The van der Waals surface area contributed by atoms with Gasteiger partial charge in [0.05, 0.1) is 7.11 Å². The molecular weight excluding hydrogens is 340 g/mol. The van der Waals surface area contributed by atoms with Gasteiger partial charge in [-0.2, -0.15) is 0 Å². The summed E-state index contributed by atoms with van der Waals surface area (Å²) in [6.07, 6.45) is 1.05. The molecule has 0 fully saturated rings. The maximum atomic E-state index is 12.5. The van der Waals surface area contributed by atoms with Gasteiger partial charge in [0.15, 0.2) is 17.1 Å². The molecule has 0 spiro atoms. The largest absolute Gasteiger partial charge is 0.493 e. The third-order valence-corrected chi connectivity index (χ3v) is 5.29. The van der Waals surface area contributed by atoms with E-state index < -0.39 is 0 Å². The first kappa shape index (κ1) is 17.6. The molecule has 0 saturated heterocycles. The van der Waals surface area contributed by atoms with Crippen molar-refractivity contribution in [1.29, 1.82) is 0 Å². The van der Waals surface area contributed by atoms with Crippen LogP contribution in [0.15, 0.2) is 52.9 Å². The number of hydrogen-bond donors (Lipinski definition) is 1. The summed E-state index contributed by atoms with van der Waals surface area (Å²) in [6, 6.07) is 16.2. The van der Waals surface area contributed by atoms with Gasteiger partial charge in [-0.3, -0.25) is 9.69 Å². The molecular formula is C22H24N2O3. The smallest absolute Gasteiger partial charge is 0.287 e. The zero-order valence-corrected chi connectivity index (χ0v) is 15.7. The number of amides is 1. The Hall–Kier alpha value is -2.79. The van der Waals surface area contributed by atoms with Gasteiger partial charge in [-0.1, -0.05) is 36.4 Å². The van der Waals surface area contributed by atoms with Crippen LogP contribution < -0.4 is 10.1 Å². The van der Waals surface area contributed by atoms with Crippen molar-refractivity contribution >= 4 is 16.9 Å². The number of carbonyl (C=O) groups excluding carboxylic acids is 1. The summed E-state index contributed by atoms with van der Waals surface area (Å²) >= 11 is 0. The second kappa shape index (κ2) is 7.45. The van der Waals surface area contributed by atoms with Crippen molar-refractivity contribution in [2.45, 2.75) is 25.9 Å². The molecule has 0 bridgehead atoms. The van der Waals surface area contributed by atoms with E-state index in [4.69, 9.17) is 9.15 Å². The topological polar surface area (TPSA) is 54.7 Å². The molecule has 1 aromatic heterocycles. The molecule has 140 valence electrons. The zero-order chi connectivity index (χ0) is 18.8. The SMILES string of the molecule is COc1cccc2cc(C(=O)NCC(C)N3CCc4ccccc4C3)oc12. The van der Waals surface area contributed by atoms with Gasteiger partial charge in [0.1, 0.15) is 0 Å². The number of rotatable bonds is 5. The van der Waals surface area contributed by atoms with E-state index >= 15 is 0 Å². The van der Waals surface area contributed by atoms with Crippen molar-refractivity contribution in [1.82, 2.24) is 10.2 Å². The standard InChI is InChI=1S/C22H24N2O3/c1-15(24-11-10-16-6-3-4-7-18(16)14-24)13-23-22(25)20-12-17-8-5-9-19(26-2)21(17)27-20/h3-9,12,15H,10-11,13-14H2,1-2H3,(H,23,25). The van der Waals surface area contributed by atoms with Gasteiger partial charge >= 0.3 is 0 Å². The number of nitrogens with zero attached hydrogens (tertiary/aromatic N) is 1. The first-order chi connectivity index (χ1) is 13.2. The molecule has 0 aliphatic carbocycles. The fraction of sp³-hybridized carbons (Fsp3) is 0.318. The highest BCUT2D eigenvalue weighted by Crippen LogP contribution is 2.28. The molecule has 0 radical (unpaired) electrons. The van der Waals surface area contributed by atoms with Crippen LogP contribution >= 0.6 is 0 Å². The van der Waals surface area contributed by atoms with Crippen LogP contribution in [0.4, 0.5) is 0 Å². The minimum absolute atomic E-state index is 0.197. The van der Waals surface area contributed by atoms with Gasteiger partial charge in [0.2, 0.25) is 0 Å². The molecule has 5 nitrogen and oxygen atoms in total. The highest BCUT2D eigenvalue weighted by Gasteiger charge is 2.21. The summed E-state index contributed by atoms with van der Waals surface area (Å²) in [6.45, 7) is 4.66. The summed E-state index contributed by atoms with van der Waals surface area (Å²) in [7, 11) is 1.59. The van der Waals surface area contributed by atoms with Gasteiger partial charge in [0.25, 0.3) is 5.91 Å². The second-order valence-electron chi connectivity index (χ2n) is 7.04. The fourth-order valence-electron chi connectivity index (χ4n) is 3.66. The number of fused-ring (bicyclic) bond motifs is 2. The molecule has 4 rings (SSSR count). The van der Waals surface area contributed by atoms with Crippen molar-refractivity contribution in [3.63, 3.8) is 0 Å². The van der Waals surface area contributed by atoms with E-state index in [1.54, 1.807) is 13.2 Å². The van der Waals surface area contributed by atoms with E-state index in [2.05, 4.69) is 41.4 Å². The Labute approximate surface area is 158 Å². The van der Waals surface area contributed by atoms with E-state index in [-0.39, 0.29) is 11.9 Å². The minimum atomic E-state index is -0.197. The van der Waals surface area contributed by atoms with Crippen LogP contribution in [0.2, 0.25) is 0 Å². The lowest BCUT2D eigenvalue weighted by Gasteiger charge is -2.33. The first-order valence-corrected chi connectivity index (χ1v) is 9.31. The van der Waals surface area contributed by atoms with Crippen molar-refractivity contribution in [2.75, 3.05) is 20.2 Å². The number of hydrogen-bond acceptors (Lipinski definition) is 4. The van der Waals surface area contributed by atoms with E-state index in [1.807, 2.05) is 18.2 Å². The van der Waals surface area contributed by atoms with Gasteiger partial charge in [-0.05, 0) is 36.6 Å². The third-order valence-electron chi connectivity index (χ3n) is 5.29. The monoisotopic (exact) mass is 364 g/mol. The zero-order valence-electron chi connectivity index (χ0n) is 15.7. The van der Waals surface area contributed by atoms with E-state index in [1.165, 1.54) is 11.1 Å². The summed E-state index contributed by atoms with van der Waals surface area (Å²) in [5.41, 5.74) is 3.42. The van der Waals surface area contributed by atoms with Crippen LogP contribution in [0.25, 0.3) is 11.0 Å². The Balaban J connectivity index is 1.39. The number of furan rings is 1. The van der Waals surface area contributed by atoms with Crippen molar-refractivity contribution in [2.24, 2.45) is 0 Å². The molecule has 5 heteroatoms. The van der Waals surface area contributed by atoms with E-state index in [9.17, 15) is 4.79 Å². The number of ether oxygens (including phenoxy) is 1. The van der Waals surface area contributed by atoms with Crippen molar-refractivity contribution in [3.8, 4) is 5.75 Å². The molecule has 1 aliphatic rings. The first-order valence-electron chi connectivity index (χ1n) is 9.31. The predicted molar refractivity (Wildman–Crippen MR) is 105 cm³/mol. The van der Waals surface area contributed by atoms with Gasteiger partial charge in [-0.15, -0.1) is 0 Å². The van der Waals surface area contributed by atoms with Crippen LogP contribution in [0.5, 0.6) is 5.75 Å². The molecule has 1 unspecified atom stereocenters. The summed E-state index contributed by atoms with van der Waals surface area (Å²) < 4.78 is 11.0. The Morgan fingerprint density at radius 3 is 2.85 bits per heavy atom. The average Bonchev–Trinajstić information content (AvgIpc) is 3.16. The van der Waals surface area contributed by atoms with Gasteiger partial charge < -0.3 is 14.5 Å². The minimum Gasteiger partial charge on any atom is -0.493 e. The number of carbonyl (C=O) groups is 1. The van der Waals surface area contributed by atoms with Gasteiger partial charge in [-0.25, -0.2) is 0 Å². The number of nitrogens with one attached hydrogen (secondary N) is 1. The maximum absolute atomic E-state index is 12.5. The highest BCUT2D eigenvalue weighted by atomic mass is 16.5. The predicted octanol–water partition coefficient (Wildman–Crippen LogP) is 3.62. The number of para-hydroxylation sites is 1. The summed E-state index contributed by atoms with van der Waals surface area (Å²) in [4.78, 5) is 14.9. The Kier molecular flexibility index (Phi) is 4.86. The normalized spacial score (nSPS) is 15.3. The molecule has 0 saturated carbocycles. The molecule has 1 aliphatic heterocycles. The highest BCUT2D eigenvalue weighted by molar-refractivity contribution is 5.97. The molecule has 1 N–H and O–H groups in total. The summed E-state index contributed by atoms with van der Waals surface area (Å²) in [5, 5.41) is 3.86. The van der Waals surface area contributed by atoms with Gasteiger partial charge in [0, 0.05) is 31.1 Å². The molecule has 2 aromatic carbocycles. The Bertz CT molecular complexity index is 963. The van der Waals surface area contributed by atoms with E-state index in [0.29, 0.717) is 23.6 Å². The lowest BCUT2D eigenvalue weighted by molar-refractivity contribution is 0.0907. The van der Waals surface area contributed by atoms with Crippen molar-refractivity contribution in [3.05, 3.63) is 65.4 Å². The molecule has 2 heterocycles.